The van der Waals surface area contributed by atoms with Crippen molar-refractivity contribution < 1.29 is 9.22 Å². The fraction of sp³-hybridized carbons (Fsp3) is 0.917. The summed E-state index contributed by atoms with van der Waals surface area (Å²) in [6.45, 7) is 15.1. The minimum absolute atomic E-state index is 0.00382. The van der Waals surface area contributed by atoms with E-state index in [4.69, 9.17) is 4.43 Å². The molecule has 0 aliphatic rings. The standard InChI is InChI=1S/C12H26O2Si/c1-8-11(10(2)9-13)14-15(6,7)12(3,4)5/h9-11H,8H2,1-7H3/t10-,11-/m0/s1. The second kappa shape index (κ2) is 5.26. The molecule has 0 aliphatic heterocycles. The molecule has 0 spiro atoms. The highest BCUT2D eigenvalue weighted by Crippen LogP contribution is 2.38. The molecule has 0 aromatic carbocycles. The number of carbonyl (C=O) groups excluding carboxylic acids is 1. The molecule has 0 aromatic heterocycles. The fourth-order valence-corrected chi connectivity index (χ4v) is 2.70. The molecule has 2 nitrogen and oxygen atoms in total. The van der Waals surface area contributed by atoms with Crippen LogP contribution in [0.3, 0.4) is 0 Å². The molecule has 2 atom stereocenters. The van der Waals surface area contributed by atoms with Crippen molar-refractivity contribution in [3.05, 3.63) is 0 Å². The van der Waals surface area contributed by atoms with Gasteiger partial charge in [-0.2, -0.15) is 0 Å². The van der Waals surface area contributed by atoms with Crippen LogP contribution in [-0.4, -0.2) is 20.7 Å². The van der Waals surface area contributed by atoms with Gasteiger partial charge in [0.2, 0.25) is 0 Å². The molecule has 0 aromatic rings. The summed E-state index contributed by atoms with van der Waals surface area (Å²) in [5.41, 5.74) is 0. The summed E-state index contributed by atoms with van der Waals surface area (Å²) >= 11 is 0. The molecule has 0 saturated carbocycles. The Morgan fingerprint density at radius 3 is 2.07 bits per heavy atom. The minimum Gasteiger partial charge on any atom is -0.413 e. The van der Waals surface area contributed by atoms with Crippen LogP contribution in [0.25, 0.3) is 0 Å². The Labute approximate surface area is 95.5 Å². The van der Waals surface area contributed by atoms with Gasteiger partial charge in [-0.1, -0.05) is 34.6 Å². The molecular formula is C12H26O2Si. The molecular weight excluding hydrogens is 204 g/mol. The Balaban J connectivity index is 4.61. The van der Waals surface area contributed by atoms with Crippen molar-refractivity contribution in [2.75, 3.05) is 0 Å². The van der Waals surface area contributed by atoms with E-state index in [1.165, 1.54) is 0 Å². The van der Waals surface area contributed by atoms with E-state index in [1.54, 1.807) is 0 Å². The van der Waals surface area contributed by atoms with E-state index in [0.717, 1.165) is 12.7 Å². The van der Waals surface area contributed by atoms with Gasteiger partial charge >= 0.3 is 0 Å². The first-order chi connectivity index (χ1) is 6.65. The molecule has 0 heterocycles. The lowest BCUT2D eigenvalue weighted by molar-refractivity contribution is -0.113. The molecule has 0 rings (SSSR count). The molecule has 0 unspecified atom stereocenters. The van der Waals surface area contributed by atoms with Crippen LogP contribution in [0.1, 0.15) is 41.0 Å². The van der Waals surface area contributed by atoms with Crippen LogP contribution < -0.4 is 0 Å². The summed E-state index contributed by atoms with van der Waals surface area (Å²) < 4.78 is 6.21. The number of aldehydes is 1. The van der Waals surface area contributed by atoms with Gasteiger partial charge in [0.1, 0.15) is 6.29 Å². The van der Waals surface area contributed by atoms with E-state index in [-0.39, 0.29) is 17.1 Å². The third kappa shape index (κ3) is 4.07. The van der Waals surface area contributed by atoms with Crippen LogP contribution >= 0.6 is 0 Å². The van der Waals surface area contributed by atoms with E-state index < -0.39 is 8.32 Å². The molecule has 0 fully saturated rings. The van der Waals surface area contributed by atoms with Gasteiger partial charge in [-0.15, -0.1) is 0 Å². The molecule has 0 radical (unpaired) electrons. The molecule has 0 aliphatic carbocycles. The summed E-state index contributed by atoms with van der Waals surface area (Å²) in [5, 5.41) is 0.211. The van der Waals surface area contributed by atoms with Crippen molar-refractivity contribution in [2.45, 2.75) is 65.3 Å². The molecule has 15 heavy (non-hydrogen) atoms. The normalized spacial score (nSPS) is 17.3. The van der Waals surface area contributed by atoms with E-state index in [0.29, 0.717) is 0 Å². The average molecular weight is 230 g/mol. The van der Waals surface area contributed by atoms with Crippen molar-refractivity contribution in [2.24, 2.45) is 5.92 Å². The van der Waals surface area contributed by atoms with Crippen molar-refractivity contribution in [3.63, 3.8) is 0 Å². The zero-order valence-electron chi connectivity index (χ0n) is 11.3. The molecule has 3 heteroatoms. The molecule has 0 bridgehead atoms. The number of carbonyl (C=O) groups is 1. The SMILES string of the molecule is CC[C@H](O[Si](C)(C)C(C)(C)C)[C@@H](C)C=O. The summed E-state index contributed by atoms with van der Waals surface area (Å²) in [4.78, 5) is 10.8. The van der Waals surface area contributed by atoms with Crippen LogP contribution in [-0.2, 0) is 9.22 Å². The predicted molar refractivity (Wildman–Crippen MR) is 67.6 cm³/mol. The van der Waals surface area contributed by atoms with Crippen molar-refractivity contribution in [3.8, 4) is 0 Å². The zero-order valence-corrected chi connectivity index (χ0v) is 12.3. The maximum Gasteiger partial charge on any atom is 0.192 e. The topological polar surface area (TPSA) is 26.3 Å². The Morgan fingerprint density at radius 1 is 1.33 bits per heavy atom. The number of hydrogen-bond acceptors (Lipinski definition) is 2. The van der Waals surface area contributed by atoms with Crippen LogP contribution in [0, 0.1) is 5.92 Å². The second-order valence-corrected chi connectivity index (χ2v) is 10.6. The van der Waals surface area contributed by atoms with Gasteiger partial charge in [0.25, 0.3) is 0 Å². The lowest BCUT2D eigenvalue weighted by Gasteiger charge is -2.40. The van der Waals surface area contributed by atoms with E-state index in [1.807, 2.05) is 6.92 Å². The fourth-order valence-electron chi connectivity index (χ4n) is 1.21. The number of hydrogen-bond donors (Lipinski definition) is 0. The molecule has 0 N–H and O–H groups in total. The van der Waals surface area contributed by atoms with Crippen molar-refractivity contribution >= 4 is 14.6 Å². The Hall–Kier alpha value is -0.153. The van der Waals surface area contributed by atoms with E-state index in [9.17, 15) is 4.79 Å². The molecule has 0 saturated heterocycles. The average Bonchev–Trinajstić information content (AvgIpc) is 2.11. The molecule has 90 valence electrons. The summed E-state index contributed by atoms with van der Waals surface area (Å²) in [6.07, 6.45) is 2.00. The van der Waals surface area contributed by atoms with Crippen LogP contribution in [0.5, 0.6) is 0 Å². The highest BCUT2D eigenvalue weighted by molar-refractivity contribution is 6.74. The van der Waals surface area contributed by atoms with Gasteiger partial charge in [0, 0.05) is 5.92 Å². The van der Waals surface area contributed by atoms with E-state index >= 15 is 0 Å². The second-order valence-electron chi connectivity index (χ2n) is 5.82. The first-order valence-electron chi connectivity index (χ1n) is 5.78. The predicted octanol–water partition coefficient (Wildman–Crippen LogP) is 3.62. The Bertz CT molecular complexity index is 206. The summed E-state index contributed by atoms with van der Waals surface area (Å²) in [7, 11) is -1.73. The summed E-state index contributed by atoms with van der Waals surface area (Å²) in [5.74, 6) is 0.00382. The van der Waals surface area contributed by atoms with Crippen LogP contribution in [0.4, 0.5) is 0 Å². The van der Waals surface area contributed by atoms with Gasteiger partial charge < -0.3 is 9.22 Å². The largest absolute Gasteiger partial charge is 0.413 e. The third-order valence-corrected chi connectivity index (χ3v) is 7.96. The van der Waals surface area contributed by atoms with Crippen LogP contribution in [0.2, 0.25) is 18.1 Å². The minimum atomic E-state index is -1.73. The lowest BCUT2D eigenvalue weighted by Crippen LogP contribution is -2.45. The van der Waals surface area contributed by atoms with Crippen molar-refractivity contribution in [1.29, 1.82) is 0 Å². The van der Waals surface area contributed by atoms with Gasteiger partial charge in [-0.25, -0.2) is 0 Å². The first-order valence-corrected chi connectivity index (χ1v) is 8.69. The van der Waals surface area contributed by atoms with Gasteiger partial charge in [-0.3, -0.25) is 0 Å². The zero-order chi connectivity index (χ0) is 12.3. The highest BCUT2D eigenvalue weighted by Gasteiger charge is 2.39. The Morgan fingerprint density at radius 2 is 1.80 bits per heavy atom. The third-order valence-electron chi connectivity index (χ3n) is 3.46. The van der Waals surface area contributed by atoms with Crippen molar-refractivity contribution in [1.82, 2.24) is 0 Å². The lowest BCUT2D eigenvalue weighted by atomic mass is 10.1. The summed E-state index contributed by atoms with van der Waals surface area (Å²) in [6, 6.07) is 0. The van der Waals surface area contributed by atoms with Gasteiger partial charge in [0.15, 0.2) is 8.32 Å². The van der Waals surface area contributed by atoms with Crippen LogP contribution in [0.15, 0.2) is 0 Å². The maximum absolute atomic E-state index is 10.8. The number of rotatable bonds is 5. The van der Waals surface area contributed by atoms with Gasteiger partial charge in [0.05, 0.1) is 6.10 Å². The van der Waals surface area contributed by atoms with E-state index in [2.05, 4.69) is 40.8 Å². The highest BCUT2D eigenvalue weighted by atomic mass is 28.4. The maximum atomic E-state index is 10.8. The first kappa shape index (κ1) is 14.8. The Kier molecular flexibility index (Phi) is 5.20. The molecule has 0 amide bonds. The van der Waals surface area contributed by atoms with Gasteiger partial charge in [-0.05, 0) is 24.6 Å². The monoisotopic (exact) mass is 230 g/mol. The quantitative estimate of drug-likeness (QED) is 0.532. The smallest absolute Gasteiger partial charge is 0.192 e.